The van der Waals surface area contributed by atoms with Crippen molar-refractivity contribution < 1.29 is 9.47 Å². The van der Waals surface area contributed by atoms with Crippen molar-refractivity contribution >= 4 is 55.8 Å². The summed E-state index contributed by atoms with van der Waals surface area (Å²) in [6.45, 7) is 0. The first-order chi connectivity index (χ1) is 10.6. The molecule has 2 aromatic rings. The third kappa shape index (κ3) is 2.76. The second kappa shape index (κ2) is 7.04. The van der Waals surface area contributed by atoms with Crippen LogP contribution in [0.4, 0.5) is 0 Å². The molecule has 0 aromatic heterocycles. The molecule has 2 unspecified atom stereocenters. The van der Waals surface area contributed by atoms with E-state index in [4.69, 9.17) is 34.0 Å². The third-order valence-electron chi connectivity index (χ3n) is 3.37. The van der Waals surface area contributed by atoms with Crippen LogP contribution in [-0.4, -0.2) is 14.2 Å². The summed E-state index contributed by atoms with van der Waals surface area (Å²) in [5.41, 5.74) is -0.840. The van der Waals surface area contributed by atoms with Gasteiger partial charge in [-0.15, -0.1) is 33.8 Å². The van der Waals surface area contributed by atoms with E-state index in [-0.39, 0.29) is 0 Å². The molecule has 0 saturated carbocycles. The average molecular weight is 406 g/mol. The quantitative estimate of drug-likeness (QED) is 0.421. The van der Waals surface area contributed by atoms with E-state index in [1.807, 2.05) is 35.3 Å². The molecule has 3 rings (SSSR count). The number of hydrogen-bond donors (Lipinski definition) is 2. The Bertz CT molecular complexity index is 593. The van der Waals surface area contributed by atoms with E-state index in [0.717, 1.165) is 11.5 Å². The lowest BCUT2D eigenvalue weighted by molar-refractivity contribution is 0.414. The average Bonchev–Trinajstić information content (AvgIpc) is 2.56. The predicted molar refractivity (Wildman–Crippen MR) is 110 cm³/mol. The summed E-state index contributed by atoms with van der Waals surface area (Å²) in [5, 5.41) is 0. The van der Waals surface area contributed by atoms with Crippen molar-refractivity contribution in [3.63, 3.8) is 0 Å². The van der Waals surface area contributed by atoms with E-state index in [1.54, 1.807) is 14.2 Å². The van der Waals surface area contributed by atoms with Crippen LogP contribution in [-0.2, 0) is 0 Å². The first-order valence-electron chi connectivity index (χ1n) is 6.41. The summed E-state index contributed by atoms with van der Waals surface area (Å²) >= 11 is 11.8. The maximum Gasteiger partial charge on any atom is 0.118 e. The lowest BCUT2D eigenvalue weighted by atomic mass is 10.3. The summed E-state index contributed by atoms with van der Waals surface area (Å²) in [5.74, 6) is 1.76. The molecule has 1 fully saturated rings. The lowest BCUT2D eigenvalue weighted by Gasteiger charge is -2.55. The standard InChI is InChI=1S/C14H16O2P2S4/c1-15-11-3-7-13(8-4-11)22(17(19)21-18(22)20)14-9-5-12(16-2)6-10-14/h3-10,19-20H,1-2H3. The van der Waals surface area contributed by atoms with E-state index in [1.165, 1.54) is 9.79 Å². The highest BCUT2D eigenvalue weighted by Crippen LogP contribution is 3.19. The molecule has 0 aliphatic carbocycles. The van der Waals surface area contributed by atoms with Gasteiger partial charge >= 0.3 is 0 Å². The Kier molecular flexibility index (Phi) is 5.49. The molecule has 1 aliphatic heterocycles. The molecule has 1 heterocycles. The Balaban J connectivity index is 2.08. The zero-order chi connectivity index (χ0) is 15.7. The Morgan fingerprint density at radius 2 is 1.14 bits per heavy atom. The van der Waals surface area contributed by atoms with Crippen molar-refractivity contribution in [1.29, 1.82) is 0 Å². The summed E-state index contributed by atoms with van der Waals surface area (Å²) < 4.78 is 10.6. The molecule has 2 nitrogen and oxygen atoms in total. The Morgan fingerprint density at radius 3 is 1.41 bits per heavy atom. The van der Waals surface area contributed by atoms with E-state index in [9.17, 15) is 0 Å². The molecule has 0 bridgehead atoms. The van der Waals surface area contributed by atoms with Crippen LogP contribution in [0.2, 0.25) is 0 Å². The predicted octanol–water partition coefficient (Wildman–Crippen LogP) is 6.99. The highest BCUT2D eigenvalue weighted by molar-refractivity contribution is 9.60. The largest absolute Gasteiger partial charge is 0.497 e. The van der Waals surface area contributed by atoms with Gasteiger partial charge in [-0.1, -0.05) is 11.0 Å². The van der Waals surface area contributed by atoms with Gasteiger partial charge in [-0.2, -0.15) is 0 Å². The van der Waals surface area contributed by atoms with Crippen LogP contribution in [0.15, 0.2) is 58.3 Å². The summed E-state index contributed by atoms with van der Waals surface area (Å²) in [6, 6.07) is 16.8. The smallest absolute Gasteiger partial charge is 0.118 e. The van der Waals surface area contributed by atoms with Gasteiger partial charge in [0.25, 0.3) is 0 Å². The second-order valence-electron chi connectivity index (χ2n) is 4.46. The van der Waals surface area contributed by atoms with Gasteiger partial charge in [-0.05, 0) is 48.5 Å². The van der Waals surface area contributed by atoms with Crippen LogP contribution in [0.5, 0.6) is 11.5 Å². The maximum absolute atomic E-state index is 5.28. The molecule has 8 heteroatoms. The number of thiol groups is 2. The minimum atomic E-state index is -1.15. The zero-order valence-corrected chi connectivity index (χ0v) is 17.3. The summed E-state index contributed by atoms with van der Waals surface area (Å²) in [6.07, 6.45) is 0. The molecule has 0 radical (unpaired) electrons. The van der Waals surface area contributed by atoms with Crippen molar-refractivity contribution in [3.05, 3.63) is 48.5 Å². The Hall–Kier alpha value is 0.300. The monoisotopic (exact) mass is 406 g/mol. The fraction of sp³-hybridized carbons (Fsp3) is 0.143. The Labute approximate surface area is 148 Å². The highest BCUT2D eigenvalue weighted by Gasteiger charge is 2.52. The SMILES string of the molecule is COc1ccc(S2(c3ccc(OC)cc3)P(S)SP2S)cc1. The van der Waals surface area contributed by atoms with Crippen molar-refractivity contribution in [2.45, 2.75) is 9.79 Å². The van der Waals surface area contributed by atoms with E-state index in [2.05, 4.69) is 24.3 Å². The van der Waals surface area contributed by atoms with Crippen molar-refractivity contribution in [2.24, 2.45) is 0 Å². The molecular formula is C14H16O2P2S4. The number of benzene rings is 2. The molecule has 118 valence electrons. The van der Waals surface area contributed by atoms with Gasteiger partial charge in [0, 0.05) is 9.79 Å². The third-order valence-corrected chi connectivity index (χ3v) is 38.2. The number of ether oxygens (including phenoxy) is 2. The fourth-order valence-corrected chi connectivity index (χ4v) is 44.7. The molecular weight excluding hydrogens is 390 g/mol. The van der Waals surface area contributed by atoms with Gasteiger partial charge in [0.2, 0.25) is 0 Å². The molecule has 2 atom stereocenters. The Morgan fingerprint density at radius 1 is 0.773 bits per heavy atom. The maximum atomic E-state index is 5.28. The minimum Gasteiger partial charge on any atom is -0.497 e. The van der Waals surface area contributed by atoms with Crippen molar-refractivity contribution in [1.82, 2.24) is 0 Å². The van der Waals surface area contributed by atoms with Gasteiger partial charge in [0.05, 0.1) is 25.3 Å². The van der Waals surface area contributed by atoms with Crippen LogP contribution < -0.4 is 9.47 Å². The van der Waals surface area contributed by atoms with E-state index in [0.29, 0.717) is 0 Å². The molecule has 0 N–H and O–H groups in total. The van der Waals surface area contributed by atoms with Crippen LogP contribution in [0.1, 0.15) is 0 Å². The zero-order valence-electron chi connectivity index (χ0n) is 12.0. The van der Waals surface area contributed by atoms with Gasteiger partial charge in [0.1, 0.15) is 11.5 Å². The van der Waals surface area contributed by atoms with Crippen LogP contribution in [0.25, 0.3) is 0 Å². The summed E-state index contributed by atoms with van der Waals surface area (Å²) in [7, 11) is 2.23. The first-order valence-corrected chi connectivity index (χ1v) is 16.3. The number of rotatable bonds is 4. The number of methoxy groups -OCH3 is 2. The summed E-state index contributed by atoms with van der Waals surface area (Å²) in [4.78, 5) is 2.69. The van der Waals surface area contributed by atoms with Gasteiger partial charge in [-0.3, -0.25) is 0 Å². The molecule has 0 spiro atoms. The fourth-order valence-electron chi connectivity index (χ4n) is 2.22. The molecule has 22 heavy (non-hydrogen) atoms. The van der Waals surface area contributed by atoms with E-state index >= 15 is 0 Å². The number of hydrogen-bond acceptors (Lipinski definition) is 5. The van der Waals surface area contributed by atoms with Gasteiger partial charge in [0.15, 0.2) is 0 Å². The van der Waals surface area contributed by atoms with Crippen molar-refractivity contribution in [3.8, 4) is 11.5 Å². The molecule has 1 aliphatic rings. The van der Waals surface area contributed by atoms with Gasteiger partial charge in [-0.25, -0.2) is 0 Å². The molecule has 1 saturated heterocycles. The molecule has 0 amide bonds. The first kappa shape index (κ1) is 17.1. The van der Waals surface area contributed by atoms with E-state index < -0.39 is 20.3 Å². The van der Waals surface area contributed by atoms with Crippen LogP contribution in [0.3, 0.4) is 0 Å². The topological polar surface area (TPSA) is 18.5 Å². The van der Waals surface area contributed by atoms with Crippen LogP contribution in [0, 0.1) is 0 Å². The normalized spacial score (nSPS) is 24.2. The van der Waals surface area contributed by atoms with Gasteiger partial charge < -0.3 is 9.47 Å². The van der Waals surface area contributed by atoms with Crippen LogP contribution >= 0.6 is 55.8 Å². The lowest BCUT2D eigenvalue weighted by Crippen LogP contribution is -1.99. The molecule has 2 aromatic carbocycles. The minimum absolute atomic E-state index is 0.420. The van der Waals surface area contributed by atoms with Crippen molar-refractivity contribution in [2.75, 3.05) is 14.2 Å². The highest BCUT2D eigenvalue weighted by atomic mass is 33.8. The second-order valence-corrected chi connectivity index (χ2v) is 25.1.